The first-order chi connectivity index (χ1) is 4.81. The summed E-state index contributed by atoms with van der Waals surface area (Å²) in [6.45, 7) is 3.07. The molecule has 0 bridgehead atoms. The number of rotatable bonds is 5. The molecule has 0 radical (unpaired) electrons. The van der Waals surface area contributed by atoms with Crippen molar-refractivity contribution >= 4 is 18.0 Å². The molecule has 0 aliphatic rings. The Kier molecular flexibility index (Phi) is 6.81. The van der Waals surface area contributed by atoms with Crippen molar-refractivity contribution in [1.29, 1.82) is 0 Å². The van der Waals surface area contributed by atoms with Crippen molar-refractivity contribution in [3.05, 3.63) is 0 Å². The minimum atomic E-state index is 0.982. The molecule has 0 saturated heterocycles. The summed E-state index contributed by atoms with van der Waals surface area (Å²) >= 11 is 1.85. The molecule has 0 spiro atoms. The Labute approximate surface area is 67.7 Å². The van der Waals surface area contributed by atoms with E-state index in [9.17, 15) is 0 Å². The Morgan fingerprint density at radius 2 is 2.30 bits per heavy atom. The van der Waals surface area contributed by atoms with Gasteiger partial charge in [-0.15, -0.1) is 0 Å². The van der Waals surface area contributed by atoms with E-state index in [0.29, 0.717) is 0 Å². The van der Waals surface area contributed by atoms with Crippen LogP contribution in [0, 0.1) is 0 Å². The van der Waals surface area contributed by atoms with E-state index in [1.165, 1.54) is 5.75 Å². The van der Waals surface area contributed by atoms with E-state index in [1.54, 1.807) is 0 Å². The summed E-state index contributed by atoms with van der Waals surface area (Å²) < 4.78 is 0. The lowest BCUT2D eigenvalue weighted by molar-refractivity contribution is 0.376. The summed E-state index contributed by atoms with van der Waals surface area (Å²) in [6.07, 6.45) is 5.16. The van der Waals surface area contributed by atoms with Crippen LogP contribution in [0.4, 0.5) is 0 Å². The molecule has 0 atom stereocenters. The van der Waals surface area contributed by atoms with E-state index < -0.39 is 0 Å². The molecule has 0 saturated carbocycles. The molecule has 2 nitrogen and oxygen atoms in total. The summed E-state index contributed by atoms with van der Waals surface area (Å²) in [7, 11) is 1.98. The smallest absolute Gasteiger partial charge is 0.0328 e. The average molecular weight is 160 g/mol. The van der Waals surface area contributed by atoms with Gasteiger partial charge in [0, 0.05) is 19.8 Å². The van der Waals surface area contributed by atoms with Gasteiger partial charge in [-0.25, -0.2) is 0 Å². The molecule has 0 rings (SSSR count). The fourth-order valence-corrected chi connectivity index (χ4v) is 0.790. The molecule has 0 aromatic rings. The fraction of sp³-hybridized carbons (Fsp3) is 0.857. The molecule has 0 aromatic carbocycles. The van der Waals surface area contributed by atoms with Gasteiger partial charge in [-0.2, -0.15) is 16.9 Å². The topological polar surface area (TPSA) is 15.6 Å². The molecular formula is C7H16N2S. The second-order valence-corrected chi connectivity index (χ2v) is 3.04. The maximum Gasteiger partial charge on any atom is 0.0328 e. The molecule has 0 N–H and O–H groups in total. The van der Waals surface area contributed by atoms with Crippen LogP contribution < -0.4 is 0 Å². The molecule has 3 heteroatoms. The minimum absolute atomic E-state index is 0.982. The quantitative estimate of drug-likeness (QED) is 0.345. The van der Waals surface area contributed by atoms with Crippen molar-refractivity contribution in [2.24, 2.45) is 5.10 Å². The van der Waals surface area contributed by atoms with Crippen molar-refractivity contribution in [2.75, 3.05) is 25.6 Å². The third-order valence-electron chi connectivity index (χ3n) is 1.19. The van der Waals surface area contributed by atoms with Crippen LogP contribution in [0.1, 0.15) is 13.3 Å². The zero-order valence-corrected chi connectivity index (χ0v) is 7.82. The van der Waals surface area contributed by atoms with Crippen LogP contribution >= 0.6 is 11.8 Å². The number of hydrazone groups is 1. The van der Waals surface area contributed by atoms with Gasteiger partial charge in [-0.05, 0) is 25.4 Å². The van der Waals surface area contributed by atoms with Crippen molar-refractivity contribution in [1.82, 2.24) is 5.01 Å². The largest absolute Gasteiger partial charge is 0.301 e. The van der Waals surface area contributed by atoms with Gasteiger partial charge in [-0.1, -0.05) is 0 Å². The predicted molar refractivity (Wildman–Crippen MR) is 49.8 cm³/mol. The average Bonchev–Trinajstić information content (AvgIpc) is 1.98. The van der Waals surface area contributed by atoms with Crippen LogP contribution in [-0.2, 0) is 0 Å². The van der Waals surface area contributed by atoms with Gasteiger partial charge < -0.3 is 5.01 Å². The number of hydrogen-bond donors (Lipinski definition) is 0. The second-order valence-electron chi connectivity index (χ2n) is 2.05. The molecule has 60 valence electrons. The van der Waals surface area contributed by atoms with Crippen LogP contribution in [0.5, 0.6) is 0 Å². The van der Waals surface area contributed by atoms with Crippen LogP contribution in [0.2, 0.25) is 0 Å². The van der Waals surface area contributed by atoms with Gasteiger partial charge in [0.1, 0.15) is 0 Å². The van der Waals surface area contributed by atoms with E-state index in [2.05, 4.69) is 18.3 Å². The Hall–Kier alpha value is -0.180. The Balaban J connectivity index is 3.18. The van der Waals surface area contributed by atoms with E-state index in [-0.39, 0.29) is 0 Å². The molecular weight excluding hydrogens is 144 g/mol. The van der Waals surface area contributed by atoms with Crippen molar-refractivity contribution in [3.63, 3.8) is 0 Å². The van der Waals surface area contributed by atoms with Gasteiger partial charge in [0.2, 0.25) is 0 Å². The summed E-state index contributed by atoms with van der Waals surface area (Å²) in [5, 5.41) is 6.11. The molecule has 0 aromatic heterocycles. The van der Waals surface area contributed by atoms with Gasteiger partial charge in [-0.3, -0.25) is 0 Å². The molecule has 10 heavy (non-hydrogen) atoms. The highest BCUT2D eigenvalue weighted by Crippen LogP contribution is 1.92. The van der Waals surface area contributed by atoms with Crippen LogP contribution in [0.15, 0.2) is 5.10 Å². The standard InChI is InChI=1S/C7H16N2S/c1-4-9(2)8-6-5-7-10-3/h6H,4-5,7H2,1-3H3/b8-6+. The highest BCUT2D eigenvalue weighted by molar-refractivity contribution is 7.98. The SMILES string of the molecule is CCN(C)/N=C/CCSC. The maximum atomic E-state index is 4.18. The number of nitrogens with zero attached hydrogens (tertiary/aromatic N) is 2. The first kappa shape index (κ1) is 9.82. The minimum Gasteiger partial charge on any atom is -0.301 e. The van der Waals surface area contributed by atoms with E-state index in [1.807, 2.05) is 30.0 Å². The summed E-state index contributed by atoms with van der Waals surface area (Å²) in [5.74, 6) is 1.17. The van der Waals surface area contributed by atoms with E-state index in [0.717, 1.165) is 13.0 Å². The summed E-state index contributed by atoms with van der Waals surface area (Å²) in [5.41, 5.74) is 0. The van der Waals surface area contributed by atoms with Gasteiger partial charge in [0.25, 0.3) is 0 Å². The molecule has 0 aliphatic carbocycles. The van der Waals surface area contributed by atoms with Gasteiger partial charge in [0.05, 0.1) is 0 Å². The van der Waals surface area contributed by atoms with Crippen LogP contribution in [0.25, 0.3) is 0 Å². The molecule has 0 aliphatic heterocycles. The summed E-state index contributed by atoms with van der Waals surface area (Å²) in [4.78, 5) is 0. The van der Waals surface area contributed by atoms with Crippen LogP contribution in [-0.4, -0.2) is 36.8 Å². The molecule has 0 fully saturated rings. The lowest BCUT2D eigenvalue weighted by Gasteiger charge is -2.07. The number of hydrogen-bond acceptors (Lipinski definition) is 3. The highest BCUT2D eigenvalue weighted by atomic mass is 32.2. The van der Waals surface area contributed by atoms with Gasteiger partial charge in [0.15, 0.2) is 0 Å². The number of thioether (sulfide) groups is 1. The first-order valence-electron chi connectivity index (χ1n) is 3.53. The molecule has 0 amide bonds. The Morgan fingerprint density at radius 1 is 1.60 bits per heavy atom. The third-order valence-corrected chi connectivity index (χ3v) is 1.83. The van der Waals surface area contributed by atoms with Crippen molar-refractivity contribution < 1.29 is 0 Å². The zero-order chi connectivity index (χ0) is 7.82. The monoisotopic (exact) mass is 160 g/mol. The Morgan fingerprint density at radius 3 is 2.80 bits per heavy atom. The van der Waals surface area contributed by atoms with Crippen LogP contribution in [0.3, 0.4) is 0 Å². The normalized spacial score (nSPS) is 10.7. The van der Waals surface area contributed by atoms with Crippen molar-refractivity contribution in [3.8, 4) is 0 Å². The lowest BCUT2D eigenvalue weighted by atomic mass is 10.5. The second kappa shape index (κ2) is 6.93. The zero-order valence-electron chi connectivity index (χ0n) is 7.00. The molecule has 0 unspecified atom stereocenters. The highest BCUT2D eigenvalue weighted by Gasteiger charge is 1.82. The predicted octanol–water partition coefficient (Wildman–Crippen LogP) is 1.68. The lowest BCUT2D eigenvalue weighted by Crippen LogP contribution is -2.09. The van der Waals surface area contributed by atoms with Gasteiger partial charge >= 0.3 is 0 Å². The Bertz CT molecular complexity index is 93.6. The first-order valence-corrected chi connectivity index (χ1v) is 4.93. The van der Waals surface area contributed by atoms with Crippen molar-refractivity contribution in [2.45, 2.75) is 13.3 Å². The third kappa shape index (κ3) is 5.95. The fourth-order valence-electron chi connectivity index (χ4n) is 0.449. The van der Waals surface area contributed by atoms with E-state index >= 15 is 0 Å². The molecule has 0 heterocycles. The summed E-state index contributed by atoms with van der Waals surface area (Å²) in [6, 6.07) is 0. The van der Waals surface area contributed by atoms with E-state index in [4.69, 9.17) is 0 Å². The maximum absolute atomic E-state index is 4.18.